The number of quaternary nitrogens is 1. The number of benzene rings is 1. The van der Waals surface area contributed by atoms with E-state index in [-0.39, 0.29) is 29.5 Å². The Hall–Kier alpha value is -2.72. The SMILES string of the molecule is COc1cc(/C=N\NC(=O)C[NH+]2CCOCC2)c([N+](=O)[O-])cc1OC. The number of carbonyl (C=O) groups is 1. The summed E-state index contributed by atoms with van der Waals surface area (Å²) in [5, 5.41) is 15.0. The van der Waals surface area contributed by atoms with Crippen molar-refractivity contribution in [3.05, 3.63) is 27.8 Å². The van der Waals surface area contributed by atoms with Crippen LogP contribution >= 0.6 is 0 Å². The molecule has 1 fully saturated rings. The second-order valence-corrected chi connectivity index (χ2v) is 5.36. The van der Waals surface area contributed by atoms with E-state index in [4.69, 9.17) is 14.2 Å². The van der Waals surface area contributed by atoms with Crippen molar-refractivity contribution in [2.75, 3.05) is 47.1 Å². The van der Waals surface area contributed by atoms with E-state index in [0.717, 1.165) is 18.0 Å². The first-order chi connectivity index (χ1) is 12.0. The second kappa shape index (κ2) is 8.94. The highest BCUT2D eigenvalue weighted by Crippen LogP contribution is 2.33. The first-order valence-electron chi connectivity index (χ1n) is 7.68. The zero-order valence-corrected chi connectivity index (χ0v) is 14.1. The first-order valence-corrected chi connectivity index (χ1v) is 7.68. The van der Waals surface area contributed by atoms with E-state index in [0.29, 0.717) is 19.0 Å². The van der Waals surface area contributed by atoms with Gasteiger partial charge in [0, 0.05) is 0 Å². The standard InChI is InChI=1S/C15H20N4O6/c1-23-13-7-11(12(19(21)22)8-14(13)24-2)9-16-17-15(20)10-18-3-5-25-6-4-18/h7-9H,3-6,10H2,1-2H3,(H,17,20)/p+1/b16-9-. The summed E-state index contributed by atoms with van der Waals surface area (Å²) in [6, 6.07) is 2.68. The van der Waals surface area contributed by atoms with Crippen LogP contribution in [0, 0.1) is 10.1 Å². The zero-order chi connectivity index (χ0) is 18.2. The highest BCUT2D eigenvalue weighted by molar-refractivity contribution is 5.88. The van der Waals surface area contributed by atoms with Gasteiger partial charge < -0.3 is 19.1 Å². The fourth-order valence-electron chi connectivity index (χ4n) is 2.42. The number of nitro benzene ring substituents is 1. The summed E-state index contributed by atoms with van der Waals surface area (Å²) in [4.78, 5) is 23.6. The zero-order valence-electron chi connectivity index (χ0n) is 14.1. The van der Waals surface area contributed by atoms with Crippen molar-refractivity contribution in [3.63, 3.8) is 0 Å². The van der Waals surface area contributed by atoms with E-state index in [9.17, 15) is 14.9 Å². The van der Waals surface area contributed by atoms with Crippen molar-refractivity contribution in [2.45, 2.75) is 0 Å². The number of nitrogens with zero attached hydrogens (tertiary/aromatic N) is 2. The van der Waals surface area contributed by atoms with Gasteiger partial charge >= 0.3 is 0 Å². The Labute approximate surface area is 144 Å². The molecule has 0 aromatic heterocycles. The van der Waals surface area contributed by atoms with Gasteiger partial charge in [0.1, 0.15) is 13.1 Å². The summed E-state index contributed by atoms with van der Waals surface area (Å²) in [5.74, 6) is 0.307. The maximum Gasteiger partial charge on any atom is 0.295 e. The quantitative estimate of drug-likeness (QED) is 0.368. The van der Waals surface area contributed by atoms with Gasteiger partial charge in [0.2, 0.25) is 0 Å². The van der Waals surface area contributed by atoms with Crippen LogP contribution < -0.4 is 19.8 Å². The number of morpholine rings is 1. The molecule has 0 saturated carbocycles. The Morgan fingerprint density at radius 3 is 2.60 bits per heavy atom. The third-order valence-electron chi connectivity index (χ3n) is 3.73. The third kappa shape index (κ3) is 5.13. The number of amides is 1. The molecule has 1 aliphatic heterocycles. The van der Waals surface area contributed by atoms with Crippen LogP contribution in [0.25, 0.3) is 0 Å². The van der Waals surface area contributed by atoms with E-state index in [1.54, 1.807) is 0 Å². The predicted octanol–water partition coefficient (Wildman–Crippen LogP) is -1.02. The molecule has 0 radical (unpaired) electrons. The van der Waals surface area contributed by atoms with Crippen LogP contribution in [0.4, 0.5) is 5.69 Å². The number of rotatable bonds is 7. The molecule has 1 heterocycles. The van der Waals surface area contributed by atoms with Crippen LogP contribution in [0.2, 0.25) is 0 Å². The average molecular weight is 353 g/mol. The first kappa shape index (κ1) is 18.6. The molecule has 10 nitrogen and oxygen atoms in total. The van der Waals surface area contributed by atoms with Crippen LogP contribution in [0.5, 0.6) is 11.5 Å². The molecular formula is C15H21N4O6+. The summed E-state index contributed by atoms with van der Waals surface area (Å²) in [7, 11) is 2.82. The third-order valence-corrected chi connectivity index (χ3v) is 3.73. The monoisotopic (exact) mass is 353 g/mol. The van der Waals surface area contributed by atoms with Crippen LogP contribution in [-0.2, 0) is 9.53 Å². The van der Waals surface area contributed by atoms with Gasteiger partial charge in [-0.25, -0.2) is 5.43 Å². The van der Waals surface area contributed by atoms with Crippen molar-refractivity contribution in [3.8, 4) is 11.5 Å². The van der Waals surface area contributed by atoms with Crippen LogP contribution in [0.3, 0.4) is 0 Å². The van der Waals surface area contributed by atoms with Crippen LogP contribution in [-0.4, -0.2) is 64.1 Å². The molecule has 1 amide bonds. The maximum absolute atomic E-state index is 11.9. The molecule has 2 N–H and O–H groups in total. The Balaban J connectivity index is 2.05. The summed E-state index contributed by atoms with van der Waals surface area (Å²) in [6.45, 7) is 3.05. The number of carbonyl (C=O) groups excluding carboxylic acids is 1. The van der Waals surface area contributed by atoms with Gasteiger partial charge in [-0.05, 0) is 6.07 Å². The van der Waals surface area contributed by atoms with Gasteiger partial charge in [0.25, 0.3) is 11.6 Å². The molecule has 0 bridgehead atoms. The highest BCUT2D eigenvalue weighted by Gasteiger charge is 2.19. The Bertz CT molecular complexity index is 658. The molecule has 1 saturated heterocycles. The molecule has 25 heavy (non-hydrogen) atoms. The van der Waals surface area contributed by atoms with E-state index in [2.05, 4.69) is 10.5 Å². The summed E-state index contributed by atoms with van der Waals surface area (Å²) in [5.41, 5.74) is 2.38. The van der Waals surface area contributed by atoms with E-state index in [1.165, 1.54) is 32.6 Å². The molecule has 1 aromatic rings. The molecule has 10 heteroatoms. The Morgan fingerprint density at radius 2 is 2.00 bits per heavy atom. The van der Waals surface area contributed by atoms with Gasteiger partial charge in [-0.3, -0.25) is 14.9 Å². The van der Waals surface area contributed by atoms with Crippen molar-refractivity contribution in [1.29, 1.82) is 0 Å². The second-order valence-electron chi connectivity index (χ2n) is 5.36. The van der Waals surface area contributed by atoms with Gasteiger partial charge in [-0.1, -0.05) is 0 Å². The Kier molecular flexibility index (Phi) is 6.66. The lowest BCUT2D eigenvalue weighted by atomic mass is 10.1. The van der Waals surface area contributed by atoms with E-state index in [1.807, 2.05) is 0 Å². The van der Waals surface area contributed by atoms with Crippen molar-refractivity contribution in [1.82, 2.24) is 5.43 Å². The minimum absolute atomic E-state index is 0.196. The molecule has 0 aliphatic carbocycles. The lowest BCUT2D eigenvalue weighted by Crippen LogP contribution is -3.15. The van der Waals surface area contributed by atoms with Crippen LogP contribution in [0.15, 0.2) is 17.2 Å². The molecule has 1 aromatic carbocycles. The number of methoxy groups -OCH3 is 2. The molecule has 0 spiro atoms. The van der Waals surface area contributed by atoms with E-state index >= 15 is 0 Å². The van der Waals surface area contributed by atoms with Crippen LogP contribution in [0.1, 0.15) is 5.56 Å². The summed E-state index contributed by atoms with van der Waals surface area (Å²) >= 11 is 0. The summed E-state index contributed by atoms with van der Waals surface area (Å²) < 4.78 is 15.4. The van der Waals surface area contributed by atoms with Crippen molar-refractivity contribution < 1.29 is 28.8 Å². The lowest BCUT2D eigenvalue weighted by Gasteiger charge is -2.22. The topological polar surface area (TPSA) is 117 Å². The lowest BCUT2D eigenvalue weighted by molar-refractivity contribution is -0.900. The van der Waals surface area contributed by atoms with E-state index < -0.39 is 4.92 Å². The maximum atomic E-state index is 11.9. The highest BCUT2D eigenvalue weighted by atomic mass is 16.6. The molecular weight excluding hydrogens is 332 g/mol. The number of hydrogen-bond donors (Lipinski definition) is 2. The largest absolute Gasteiger partial charge is 0.493 e. The fraction of sp³-hybridized carbons (Fsp3) is 0.467. The molecule has 0 unspecified atom stereocenters. The van der Waals surface area contributed by atoms with Gasteiger partial charge in [0.05, 0.1) is 50.2 Å². The smallest absolute Gasteiger partial charge is 0.295 e. The predicted molar refractivity (Wildman–Crippen MR) is 88.3 cm³/mol. The van der Waals surface area contributed by atoms with Gasteiger partial charge in [-0.2, -0.15) is 5.10 Å². The molecule has 2 rings (SSSR count). The minimum atomic E-state index is -0.553. The normalized spacial score (nSPS) is 15.1. The number of hydrogen-bond acceptors (Lipinski definition) is 7. The van der Waals surface area contributed by atoms with Gasteiger partial charge in [-0.15, -0.1) is 0 Å². The summed E-state index contributed by atoms with van der Waals surface area (Å²) in [6.07, 6.45) is 1.21. The molecule has 136 valence electrons. The number of hydrazone groups is 1. The minimum Gasteiger partial charge on any atom is -0.493 e. The number of nitrogens with one attached hydrogen (secondary N) is 2. The fourth-order valence-corrected chi connectivity index (χ4v) is 2.42. The van der Waals surface area contributed by atoms with Gasteiger partial charge in [0.15, 0.2) is 18.0 Å². The van der Waals surface area contributed by atoms with Crippen molar-refractivity contribution >= 4 is 17.8 Å². The average Bonchev–Trinajstić information content (AvgIpc) is 2.61. The number of nitro groups is 1. The van der Waals surface area contributed by atoms with Crippen molar-refractivity contribution in [2.24, 2.45) is 5.10 Å². The Morgan fingerprint density at radius 1 is 1.36 bits per heavy atom. The number of ether oxygens (including phenoxy) is 3. The molecule has 1 aliphatic rings. The molecule has 0 atom stereocenters.